The average Bonchev–Trinajstić information content (AvgIpc) is 2.88. The molecule has 3 rings (SSSR count). The minimum Gasteiger partial charge on any atom is -0.466 e. The van der Waals surface area contributed by atoms with E-state index < -0.39 is 7.92 Å². The molecule has 0 aromatic heterocycles. The molecule has 0 spiro atoms. The first kappa shape index (κ1) is 28.6. The van der Waals surface area contributed by atoms with E-state index in [0.29, 0.717) is 18.6 Å². The van der Waals surface area contributed by atoms with Gasteiger partial charge in [0.25, 0.3) is 0 Å². The third kappa shape index (κ3) is 8.01. The summed E-state index contributed by atoms with van der Waals surface area (Å²) in [4.78, 5) is 25.6. The molecule has 0 fully saturated rings. The van der Waals surface area contributed by atoms with Crippen LogP contribution >= 0.6 is 7.92 Å². The van der Waals surface area contributed by atoms with Crippen LogP contribution in [-0.2, 0) is 14.3 Å². The molecule has 0 aliphatic heterocycles. The van der Waals surface area contributed by atoms with Gasteiger partial charge in [0.1, 0.15) is 6.10 Å². The molecule has 3 aromatic rings. The van der Waals surface area contributed by atoms with Crippen LogP contribution in [0.5, 0.6) is 0 Å². The highest BCUT2D eigenvalue weighted by Crippen LogP contribution is 2.35. The highest BCUT2D eigenvalue weighted by molar-refractivity contribution is 7.80. The van der Waals surface area contributed by atoms with Gasteiger partial charge in [-0.25, -0.2) is 4.79 Å². The maximum atomic E-state index is 13.7. The molecular formula is C32H39O4P. The number of rotatable bonds is 12. The summed E-state index contributed by atoms with van der Waals surface area (Å²) in [6, 6.07) is 28.5. The molecule has 3 atom stereocenters. The van der Waals surface area contributed by atoms with Crippen LogP contribution in [0.1, 0.15) is 57.8 Å². The molecule has 196 valence electrons. The summed E-state index contributed by atoms with van der Waals surface area (Å²) in [7, 11) is -0.935. The standard InChI is InChI=1S/C32H39O4P/c1-6-35-30(33)22-24(4)21-25(5)31(23(2)3)36-32(34)28-19-13-14-20-29(28)37(26-15-9-7-10-16-26)27-17-11-8-12-18-27/h7-20,23-25,31H,6,21-22H2,1-5H3/t24-,25-,31-/m1/s1. The maximum absolute atomic E-state index is 13.7. The molecule has 0 aliphatic rings. The van der Waals surface area contributed by atoms with E-state index in [0.717, 1.165) is 11.7 Å². The topological polar surface area (TPSA) is 52.6 Å². The second-order valence-corrected chi connectivity index (χ2v) is 12.2. The fourth-order valence-electron chi connectivity index (χ4n) is 4.88. The summed E-state index contributed by atoms with van der Waals surface area (Å²) < 4.78 is 11.3. The van der Waals surface area contributed by atoms with Crippen molar-refractivity contribution in [2.75, 3.05) is 6.61 Å². The highest BCUT2D eigenvalue weighted by Gasteiger charge is 2.30. The van der Waals surface area contributed by atoms with Gasteiger partial charge in [0, 0.05) is 6.42 Å². The molecule has 0 N–H and O–H groups in total. The molecule has 0 saturated carbocycles. The summed E-state index contributed by atoms with van der Waals surface area (Å²) in [5, 5.41) is 3.36. The molecule has 0 unspecified atom stereocenters. The molecule has 0 radical (unpaired) electrons. The normalized spacial score (nSPS) is 13.7. The summed E-state index contributed by atoms with van der Waals surface area (Å²) in [6.07, 6.45) is 0.889. The maximum Gasteiger partial charge on any atom is 0.339 e. The fourth-order valence-corrected chi connectivity index (χ4v) is 7.31. The van der Waals surface area contributed by atoms with Crippen molar-refractivity contribution < 1.29 is 19.1 Å². The lowest BCUT2D eigenvalue weighted by Gasteiger charge is -2.30. The van der Waals surface area contributed by atoms with Crippen molar-refractivity contribution >= 4 is 35.8 Å². The van der Waals surface area contributed by atoms with Crippen LogP contribution < -0.4 is 15.9 Å². The lowest BCUT2D eigenvalue weighted by Crippen LogP contribution is -2.33. The molecule has 4 nitrogen and oxygen atoms in total. The van der Waals surface area contributed by atoms with Gasteiger partial charge in [-0.05, 0) is 61.0 Å². The predicted molar refractivity (Wildman–Crippen MR) is 153 cm³/mol. The Bertz CT molecular complexity index is 1090. The van der Waals surface area contributed by atoms with Gasteiger partial charge >= 0.3 is 11.9 Å². The van der Waals surface area contributed by atoms with E-state index >= 15 is 0 Å². The van der Waals surface area contributed by atoms with Gasteiger partial charge in [-0.15, -0.1) is 0 Å². The van der Waals surface area contributed by atoms with Crippen LogP contribution in [0.15, 0.2) is 84.9 Å². The van der Waals surface area contributed by atoms with Crippen molar-refractivity contribution in [3.63, 3.8) is 0 Å². The second kappa shape index (κ2) is 14.1. The molecular weight excluding hydrogens is 479 g/mol. The van der Waals surface area contributed by atoms with Crippen LogP contribution in [-0.4, -0.2) is 24.6 Å². The Labute approximate surface area is 223 Å². The second-order valence-electron chi connectivity index (χ2n) is 9.96. The first-order valence-corrected chi connectivity index (χ1v) is 14.5. The monoisotopic (exact) mass is 518 g/mol. The van der Waals surface area contributed by atoms with Crippen molar-refractivity contribution in [1.29, 1.82) is 0 Å². The number of esters is 2. The molecule has 0 bridgehead atoms. The van der Waals surface area contributed by atoms with Crippen molar-refractivity contribution in [2.24, 2.45) is 17.8 Å². The predicted octanol–water partition coefficient (Wildman–Crippen LogP) is 6.24. The van der Waals surface area contributed by atoms with E-state index in [4.69, 9.17) is 9.47 Å². The Kier molecular flexibility index (Phi) is 10.9. The quantitative estimate of drug-likeness (QED) is 0.210. The average molecular weight is 519 g/mol. The van der Waals surface area contributed by atoms with Crippen molar-refractivity contribution in [3.8, 4) is 0 Å². The van der Waals surface area contributed by atoms with E-state index in [9.17, 15) is 9.59 Å². The lowest BCUT2D eigenvalue weighted by molar-refractivity contribution is -0.144. The number of carbonyl (C=O) groups is 2. The van der Waals surface area contributed by atoms with Gasteiger partial charge in [0.15, 0.2) is 0 Å². The van der Waals surface area contributed by atoms with Crippen LogP contribution in [0.3, 0.4) is 0 Å². The summed E-state index contributed by atoms with van der Waals surface area (Å²) in [6.45, 7) is 10.5. The van der Waals surface area contributed by atoms with E-state index in [1.807, 2.05) is 61.5 Å². The van der Waals surface area contributed by atoms with Crippen LogP contribution in [0, 0.1) is 17.8 Å². The van der Waals surface area contributed by atoms with Gasteiger partial charge in [-0.1, -0.05) is 107 Å². The Balaban J connectivity index is 1.87. The largest absolute Gasteiger partial charge is 0.466 e. The van der Waals surface area contributed by atoms with Crippen LogP contribution in [0.2, 0.25) is 0 Å². The summed E-state index contributed by atoms with van der Waals surface area (Å²) in [5.41, 5.74) is 0.610. The van der Waals surface area contributed by atoms with Crippen LogP contribution in [0.25, 0.3) is 0 Å². The number of hydrogen-bond donors (Lipinski definition) is 0. The fraction of sp³-hybridized carbons (Fsp3) is 0.375. The van der Waals surface area contributed by atoms with E-state index in [2.05, 4.69) is 58.0 Å². The zero-order chi connectivity index (χ0) is 26.8. The Morgan fingerprint density at radius 3 is 1.86 bits per heavy atom. The van der Waals surface area contributed by atoms with Crippen molar-refractivity contribution in [3.05, 3.63) is 90.5 Å². The molecule has 0 saturated heterocycles. The van der Waals surface area contributed by atoms with E-state index in [-0.39, 0.29) is 35.8 Å². The number of benzene rings is 3. The first-order valence-electron chi connectivity index (χ1n) is 13.2. The Morgan fingerprint density at radius 2 is 1.32 bits per heavy atom. The lowest BCUT2D eigenvalue weighted by atomic mass is 9.86. The minimum absolute atomic E-state index is 0.102. The van der Waals surface area contributed by atoms with Crippen molar-refractivity contribution in [1.82, 2.24) is 0 Å². The zero-order valence-corrected chi connectivity index (χ0v) is 23.5. The summed E-state index contributed by atoms with van der Waals surface area (Å²) >= 11 is 0. The molecule has 0 heterocycles. The summed E-state index contributed by atoms with van der Waals surface area (Å²) in [5.74, 6) is -0.0794. The molecule has 37 heavy (non-hydrogen) atoms. The SMILES string of the molecule is CCOC(=O)C[C@H](C)C[C@@H](C)[C@H](OC(=O)c1ccccc1P(c1ccccc1)c1ccccc1)C(C)C. The number of carbonyl (C=O) groups excluding carboxylic acids is 2. The van der Waals surface area contributed by atoms with Gasteiger partial charge in [-0.3, -0.25) is 4.79 Å². The minimum atomic E-state index is -0.935. The van der Waals surface area contributed by atoms with Crippen molar-refractivity contribution in [2.45, 2.75) is 53.6 Å². The van der Waals surface area contributed by atoms with E-state index in [1.54, 1.807) is 0 Å². The highest BCUT2D eigenvalue weighted by atomic mass is 31.1. The van der Waals surface area contributed by atoms with Gasteiger partial charge in [0.2, 0.25) is 0 Å². The van der Waals surface area contributed by atoms with Gasteiger partial charge < -0.3 is 9.47 Å². The molecule has 5 heteroatoms. The number of hydrogen-bond acceptors (Lipinski definition) is 4. The van der Waals surface area contributed by atoms with Gasteiger partial charge in [0.05, 0.1) is 12.2 Å². The molecule has 0 aliphatic carbocycles. The van der Waals surface area contributed by atoms with E-state index in [1.165, 1.54) is 10.6 Å². The first-order chi connectivity index (χ1) is 17.8. The molecule has 3 aromatic carbocycles. The zero-order valence-electron chi connectivity index (χ0n) is 22.6. The third-order valence-corrected chi connectivity index (χ3v) is 8.95. The van der Waals surface area contributed by atoms with Crippen LogP contribution in [0.4, 0.5) is 0 Å². The Morgan fingerprint density at radius 1 is 0.784 bits per heavy atom. The Hall–Kier alpha value is -2.97. The third-order valence-electron chi connectivity index (χ3n) is 6.45. The number of ether oxygens (including phenoxy) is 2. The smallest absolute Gasteiger partial charge is 0.339 e. The molecule has 0 amide bonds. The van der Waals surface area contributed by atoms with Gasteiger partial charge in [-0.2, -0.15) is 0 Å².